The van der Waals surface area contributed by atoms with Gasteiger partial charge in [0, 0.05) is 6.42 Å². The molecule has 140 valence electrons. The van der Waals surface area contributed by atoms with Crippen LogP contribution in [0.15, 0.2) is 12.2 Å². The second-order valence-electron chi connectivity index (χ2n) is 7.38. The van der Waals surface area contributed by atoms with Crippen LogP contribution in [0.2, 0.25) is 0 Å². The lowest BCUT2D eigenvalue weighted by Crippen LogP contribution is -2.37. The van der Waals surface area contributed by atoms with Gasteiger partial charge in [-0.05, 0) is 31.1 Å². The second kappa shape index (κ2) is 11.6. The van der Waals surface area contributed by atoms with Crippen LogP contribution in [0.1, 0.15) is 90.4 Å². The number of carbonyl (C=O) groups is 1. The molecule has 0 bridgehead atoms. The molecule has 0 aromatic carbocycles. The van der Waals surface area contributed by atoms with Crippen LogP contribution >= 0.6 is 0 Å². The molecule has 0 heterocycles. The smallest absolute Gasteiger partial charge is 0.364 e. The summed E-state index contributed by atoms with van der Waals surface area (Å²) in [7, 11) is 0. The second-order valence-corrected chi connectivity index (χ2v) is 7.38. The predicted molar refractivity (Wildman–Crippen MR) is 96.6 cm³/mol. The number of hydrogen-bond donors (Lipinski definition) is 3. The molecule has 2 atom stereocenters. The van der Waals surface area contributed by atoms with Gasteiger partial charge in [-0.2, -0.15) is 0 Å². The molecule has 0 amide bonds. The van der Waals surface area contributed by atoms with Crippen molar-refractivity contribution < 1.29 is 20.1 Å². The van der Waals surface area contributed by atoms with Crippen molar-refractivity contribution in [2.24, 2.45) is 11.8 Å². The zero-order valence-electron chi connectivity index (χ0n) is 15.3. The van der Waals surface area contributed by atoms with Crippen LogP contribution in [0.3, 0.4) is 0 Å². The van der Waals surface area contributed by atoms with E-state index in [1.165, 1.54) is 64.2 Å². The van der Waals surface area contributed by atoms with Crippen LogP contribution in [0.5, 0.6) is 0 Å². The van der Waals surface area contributed by atoms with E-state index >= 15 is 0 Å². The fraction of sp³-hybridized carbons (Fsp3) is 0.850. The summed E-state index contributed by atoms with van der Waals surface area (Å²) in [5.74, 6) is -2.58. The van der Waals surface area contributed by atoms with Gasteiger partial charge < -0.3 is 15.3 Å². The molecule has 1 rings (SSSR count). The predicted octanol–water partition coefficient (Wildman–Crippen LogP) is 4.65. The minimum absolute atomic E-state index is 0.162. The summed E-state index contributed by atoms with van der Waals surface area (Å²) in [5, 5.41) is 27.1. The molecule has 0 radical (unpaired) electrons. The third kappa shape index (κ3) is 8.29. The lowest BCUT2D eigenvalue weighted by atomic mass is 9.88. The van der Waals surface area contributed by atoms with E-state index in [0.29, 0.717) is 6.42 Å². The Morgan fingerprint density at radius 3 is 2.42 bits per heavy atom. The Balaban J connectivity index is 2.17. The molecule has 0 unspecified atom stereocenters. The topological polar surface area (TPSA) is 77.8 Å². The van der Waals surface area contributed by atoms with E-state index < -0.39 is 11.8 Å². The highest BCUT2D eigenvalue weighted by Gasteiger charge is 2.31. The summed E-state index contributed by atoms with van der Waals surface area (Å²) in [6, 6.07) is 0. The molecule has 1 aliphatic carbocycles. The molecule has 4 nitrogen and oxygen atoms in total. The van der Waals surface area contributed by atoms with Crippen molar-refractivity contribution in [3.8, 4) is 0 Å². The summed E-state index contributed by atoms with van der Waals surface area (Å²) < 4.78 is 0. The molecular formula is C20H36O4. The highest BCUT2D eigenvalue weighted by atomic mass is 16.5. The highest BCUT2D eigenvalue weighted by Crippen LogP contribution is 2.37. The molecule has 0 spiro atoms. The lowest BCUT2D eigenvalue weighted by Gasteiger charge is -2.18. The normalized spacial score (nSPS) is 21.6. The molecule has 0 aromatic heterocycles. The van der Waals surface area contributed by atoms with Crippen LogP contribution in [0.4, 0.5) is 0 Å². The zero-order valence-corrected chi connectivity index (χ0v) is 15.3. The molecule has 1 saturated carbocycles. The first kappa shape index (κ1) is 21.2. The Kier molecular flexibility index (Phi) is 10.3. The standard InChI is InChI=1S/C20H36O4/c1-2-3-4-5-6-8-12-17-14-11-15-18(17)13-9-7-10-16-20(23,24)19(21)22/h7,9,17-18,23-24H,2-6,8,10-16H2,1H3,(H,21,22)/b9-7-/t17-,18-/m0/s1. The van der Waals surface area contributed by atoms with Crippen molar-refractivity contribution in [3.05, 3.63) is 12.2 Å². The quantitative estimate of drug-likeness (QED) is 0.259. The van der Waals surface area contributed by atoms with Gasteiger partial charge >= 0.3 is 5.97 Å². The number of aliphatic carboxylic acids is 1. The van der Waals surface area contributed by atoms with Crippen LogP contribution in [-0.4, -0.2) is 27.1 Å². The molecule has 1 fully saturated rings. The number of aliphatic hydroxyl groups is 2. The fourth-order valence-electron chi connectivity index (χ4n) is 3.77. The average molecular weight is 341 g/mol. The zero-order chi connectivity index (χ0) is 17.8. The third-order valence-corrected chi connectivity index (χ3v) is 5.35. The van der Waals surface area contributed by atoms with Gasteiger partial charge in [-0.15, -0.1) is 0 Å². The summed E-state index contributed by atoms with van der Waals surface area (Å²) in [4.78, 5) is 10.6. The van der Waals surface area contributed by atoms with E-state index in [0.717, 1.165) is 18.3 Å². The molecular weight excluding hydrogens is 304 g/mol. The number of allylic oxidation sites excluding steroid dienone is 2. The Morgan fingerprint density at radius 2 is 1.71 bits per heavy atom. The van der Waals surface area contributed by atoms with Crippen molar-refractivity contribution in [3.63, 3.8) is 0 Å². The van der Waals surface area contributed by atoms with Crippen molar-refractivity contribution in [2.45, 2.75) is 96.2 Å². The van der Waals surface area contributed by atoms with E-state index in [1.807, 2.05) is 6.08 Å². The highest BCUT2D eigenvalue weighted by molar-refractivity contribution is 5.74. The van der Waals surface area contributed by atoms with Crippen molar-refractivity contribution >= 4 is 5.97 Å². The Morgan fingerprint density at radius 1 is 1.04 bits per heavy atom. The summed E-state index contributed by atoms with van der Waals surface area (Å²) in [6.07, 6.45) is 18.7. The van der Waals surface area contributed by atoms with Crippen LogP contribution < -0.4 is 0 Å². The minimum Gasteiger partial charge on any atom is -0.477 e. The van der Waals surface area contributed by atoms with E-state index in [1.54, 1.807) is 0 Å². The maximum absolute atomic E-state index is 10.6. The van der Waals surface area contributed by atoms with Gasteiger partial charge in [0.05, 0.1) is 0 Å². The molecule has 24 heavy (non-hydrogen) atoms. The van der Waals surface area contributed by atoms with Crippen molar-refractivity contribution in [1.29, 1.82) is 0 Å². The number of carboxylic acids is 1. The average Bonchev–Trinajstić information content (AvgIpc) is 2.97. The number of rotatable bonds is 13. The van der Waals surface area contributed by atoms with Crippen LogP contribution in [-0.2, 0) is 4.79 Å². The van der Waals surface area contributed by atoms with Crippen LogP contribution in [0.25, 0.3) is 0 Å². The van der Waals surface area contributed by atoms with Crippen molar-refractivity contribution in [2.75, 3.05) is 0 Å². The number of carboxylic acid groups (broad SMARTS) is 1. The summed E-state index contributed by atoms with van der Waals surface area (Å²) in [5.41, 5.74) is 0. The molecule has 3 N–H and O–H groups in total. The maximum Gasteiger partial charge on any atom is 0.364 e. The third-order valence-electron chi connectivity index (χ3n) is 5.35. The first-order valence-corrected chi connectivity index (χ1v) is 9.80. The van der Waals surface area contributed by atoms with E-state index in [2.05, 4.69) is 13.0 Å². The maximum atomic E-state index is 10.6. The van der Waals surface area contributed by atoms with Gasteiger partial charge in [0.25, 0.3) is 5.79 Å². The molecule has 4 heteroatoms. The van der Waals surface area contributed by atoms with Gasteiger partial charge in [-0.25, -0.2) is 4.79 Å². The largest absolute Gasteiger partial charge is 0.477 e. The van der Waals surface area contributed by atoms with Gasteiger partial charge in [-0.3, -0.25) is 0 Å². The van der Waals surface area contributed by atoms with Gasteiger partial charge in [0.2, 0.25) is 0 Å². The van der Waals surface area contributed by atoms with Crippen molar-refractivity contribution in [1.82, 2.24) is 0 Å². The Hall–Kier alpha value is -0.870. The van der Waals surface area contributed by atoms with Crippen LogP contribution in [0, 0.1) is 11.8 Å². The fourth-order valence-corrected chi connectivity index (χ4v) is 3.77. The molecule has 0 aromatic rings. The number of hydrogen-bond acceptors (Lipinski definition) is 3. The minimum atomic E-state index is -2.60. The molecule has 1 aliphatic rings. The number of unbranched alkanes of at least 4 members (excludes halogenated alkanes) is 5. The first-order chi connectivity index (χ1) is 11.5. The summed E-state index contributed by atoms with van der Waals surface area (Å²) in [6.45, 7) is 2.25. The SMILES string of the molecule is CCCCCCCC[C@H]1CCC[C@@H]1C/C=C\CCC(O)(O)C(=O)O. The lowest BCUT2D eigenvalue weighted by molar-refractivity contribution is -0.205. The van der Waals surface area contributed by atoms with E-state index in [4.69, 9.17) is 5.11 Å². The van der Waals surface area contributed by atoms with E-state index in [-0.39, 0.29) is 6.42 Å². The first-order valence-electron chi connectivity index (χ1n) is 9.80. The Labute approximate surface area is 147 Å². The summed E-state index contributed by atoms with van der Waals surface area (Å²) >= 11 is 0. The van der Waals surface area contributed by atoms with Gasteiger partial charge in [0.1, 0.15) is 0 Å². The Bertz CT molecular complexity index is 376. The molecule has 0 aliphatic heterocycles. The van der Waals surface area contributed by atoms with E-state index in [9.17, 15) is 15.0 Å². The monoisotopic (exact) mass is 340 g/mol. The molecule has 0 saturated heterocycles. The van der Waals surface area contributed by atoms with Gasteiger partial charge in [0.15, 0.2) is 0 Å². The van der Waals surface area contributed by atoms with Gasteiger partial charge in [-0.1, -0.05) is 76.9 Å².